The predicted octanol–water partition coefficient (Wildman–Crippen LogP) is 13.7. The molecule has 0 unspecified atom stereocenters. The Labute approximate surface area is 246 Å². The minimum absolute atomic E-state index is 1.13. The molecule has 198 valence electrons. The van der Waals surface area contributed by atoms with E-state index in [9.17, 15) is 0 Å². The highest BCUT2D eigenvalue weighted by Crippen LogP contribution is 2.43. The zero-order valence-corrected chi connectivity index (χ0v) is 28.4. The summed E-state index contributed by atoms with van der Waals surface area (Å²) in [5.41, 5.74) is 2.82. The van der Waals surface area contributed by atoms with Gasteiger partial charge in [0.15, 0.2) is 0 Å². The third-order valence-electron chi connectivity index (χ3n) is 7.01. The maximum Gasteiger partial charge on any atom is 0.0364 e. The highest BCUT2D eigenvalue weighted by atomic mass is 79.9. The standard InChI is InChI=1S/C30H50Br4/c1-3-5-7-9-11-13-15-17-19-21-23-25-27(31)29(33)26(30(34)28(25)32)24-22-20-18-16-14-12-10-8-6-4-2/h3-24H2,1-2H3. The van der Waals surface area contributed by atoms with Crippen molar-refractivity contribution in [2.24, 2.45) is 0 Å². The zero-order chi connectivity index (χ0) is 25.0. The average molecular weight is 730 g/mol. The molecule has 0 aliphatic carbocycles. The summed E-state index contributed by atoms with van der Waals surface area (Å²) in [5, 5.41) is 0. The summed E-state index contributed by atoms with van der Waals surface area (Å²) in [4.78, 5) is 0. The third kappa shape index (κ3) is 14.2. The fourth-order valence-corrected chi connectivity index (χ4v) is 7.82. The van der Waals surface area contributed by atoms with Crippen molar-refractivity contribution < 1.29 is 0 Å². The molecule has 4 heteroatoms. The van der Waals surface area contributed by atoms with Gasteiger partial charge in [0, 0.05) is 17.9 Å². The van der Waals surface area contributed by atoms with E-state index < -0.39 is 0 Å². The molecule has 0 bridgehead atoms. The molecule has 0 aromatic heterocycles. The van der Waals surface area contributed by atoms with E-state index >= 15 is 0 Å². The van der Waals surface area contributed by atoms with Crippen molar-refractivity contribution in [2.75, 3.05) is 0 Å². The molecule has 0 N–H and O–H groups in total. The van der Waals surface area contributed by atoms with Gasteiger partial charge in [-0.15, -0.1) is 0 Å². The van der Waals surface area contributed by atoms with E-state index in [4.69, 9.17) is 0 Å². The summed E-state index contributed by atoms with van der Waals surface area (Å²) in [6, 6.07) is 0. The molecule has 0 saturated carbocycles. The lowest BCUT2D eigenvalue weighted by atomic mass is 10.0. The molecular formula is C30H50Br4. The number of hydrogen-bond donors (Lipinski definition) is 0. The second-order valence-corrected chi connectivity index (χ2v) is 13.2. The Morgan fingerprint density at radius 3 is 0.765 bits per heavy atom. The minimum atomic E-state index is 1.13. The quantitative estimate of drug-likeness (QED) is 0.0823. The van der Waals surface area contributed by atoms with E-state index in [-0.39, 0.29) is 0 Å². The third-order valence-corrected chi connectivity index (χ3v) is 11.6. The van der Waals surface area contributed by atoms with E-state index in [2.05, 4.69) is 77.6 Å². The topological polar surface area (TPSA) is 0 Å². The number of rotatable bonds is 22. The Kier molecular flexibility index (Phi) is 21.6. The summed E-state index contributed by atoms with van der Waals surface area (Å²) >= 11 is 15.6. The molecule has 1 aromatic rings. The van der Waals surface area contributed by atoms with Gasteiger partial charge in [0.05, 0.1) is 0 Å². The normalized spacial score (nSPS) is 11.5. The van der Waals surface area contributed by atoms with Crippen LogP contribution in [0.1, 0.15) is 153 Å². The van der Waals surface area contributed by atoms with Crippen LogP contribution in [0.4, 0.5) is 0 Å². The fourth-order valence-electron chi connectivity index (χ4n) is 4.74. The van der Waals surface area contributed by atoms with Gasteiger partial charge in [-0.05, 0) is 101 Å². The first-order chi connectivity index (χ1) is 16.5. The second-order valence-electron chi connectivity index (χ2n) is 10.1. The Morgan fingerprint density at radius 2 is 0.529 bits per heavy atom. The first kappa shape index (κ1) is 33.2. The first-order valence-corrected chi connectivity index (χ1v) is 17.5. The average Bonchev–Trinajstić information content (AvgIpc) is 2.84. The summed E-state index contributed by atoms with van der Waals surface area (Å²) in [5.74, 6) is 0. The van der Waals surface area contributed by atoms with Gasteiger partial charge in [-0.25, -0.2) is 0 Å². The maximum absolute atomic E-state index is 3.91. The van der Waals surface area contributed by atoms with E-state index in [1.807, 2.05) is 0 Å². The zero-order valence-electron chi connectivity index (χ0n) is 22.1. The molecule has 0 spiro atoms. The lowest BCUT2D eigenvalue weighted by Crippen LogP contribution is -1.99. The highest BCUT2D eigenvalue weighted by molar-refractivity contribution is 9.14. The van der Waals surface area contributed by atoms with Crippen molar-refractivity contribution in [3.63, 3.8) is 0 Å². The molecule has 0 heterocycles. The van der Waals surface area contributed by atoms with Crippen LogP contribution in [-0.4, -0.2) is 0 Å². The number of halogens is 4. The number of benzene rings is 1. The van der Waals surface area contributed by atoms with Crippen molar-refractivity contribution in [1.29, 1.82) is 0 Å². The minimum Gasteiger partial charge on any atom is -0.0654 e. The van der Waals surface area contributed by atoms with Crippen LogP contribution in [0.15, 0.2) is 17.9 Å². The summed E-state index contributed by atoms with van der Waals surface area (Å²) in [7, 11) is 0. The van der Waals surface area contributed by atoms with Gasteiger partial charge in [-0.1, -0.05) is 129 Å². The molecular weight excluding hydrogens is 680 g/mol. The highest BCUT2D eigenvalue weighted by Gasteiger charge is 2.18. The molecule has 34 heavy (non-hydrogen) atoms. The van der Waals surface area contributed by atoms with Crippen LogP contribution < -0.4 is 0 Å². The van der Waals surface area contributed by atoms with E-state index in [0.717, 1.165) is 12.8 Å². The molecule has 0 atom stereocenters. The van der Waals surface area contributed by atoms with Crippen LogP contribution in [-0.2, 0) is 12.8 Å². The predicted molar refractivity (Wildman–Crippen MR) is 168 cm³/mol. The molecule has 0 aliphatic rings. The van der Waals surface area contributed by atoms with Crippen molar-refractivity contribution in [3.8, 4) is 0 Å². The SMILES string of the molecule is CCCCCCCCCCCCc1c(Br)c(Br)c(CCCCCCCCCCCC)c(Br)c1Br. The molecule has 0 amide bonds. The molecule has 0 fully saturated rings. The van der Waals surface area contributed by atoms with Crippen molar-refractivity contribution in [1.82, 2.24) is 0 Å². The van der Waals surface area contributed by atoms with Crippen LogP contribution in [0.25, 0.3) is 0 Å². The Hall–Kier alpha value is 1.14. The van der Waals surface area contributed by atoms with Gasteiger partial charge in [0.2, 0.25) is 0 Å². The fraction of sp³-hybridized carbons (Fsp3) is 0.800. The summed E-state index contributed by atoms with van der Waals surface area (Å²) in [6.45, 7) is 4.58. The molecule has 1 aromatic carbocycles. The molecule has 0 saturated heterocycles. The Bertz CT molecular complexity index is 557. The second kappa shape index (κ2) is 22.2. The molecule has 1 rings (SSSR count). The Morgan fingerprint density at radius 1 is 0.324 bits per heavy atom. The van der Waals surface area contributed by atoms with Gasteiger partial charge in [-0.2, -0.15) is 0 Å². The number of unbranched alkanes of at least 4 members (excludes halogenated alkanes) is 18. The summed E-state index contributed by atoms with van der Waals surface area (Å²) in [6.07, 6.45) is 30.0. The van der Waals surface area contributed by atoms with Crippen LogP contribution in [0.2, 0.25) is 0 Å². The lowest BCUT2D eigenvalue weighted by molar-refractivity contribution is 0.555. The Balaban J connectivity index is 2.31. The van der Waals surface area contributed by atoms with Crippen molar-refractivity contribution >= 4 is 63.7 Å². The van der Waals surface area contributed by atoms with Crippen LogP contribution in [0, 0.1) is 0 Å². The van der Waals surface area contributed by atoms with E-state index in [1.165, 1.54) is 157 Å². The van der Waals surface area contributed by atoms with Gasteiger partial charge < -0.3 is 0 Å². The van der Waals surface area contributed by atoms with E-state index in [0.29, 0.717) is 0 Å². The van der Waals surface area contributed by atoms with Gasteiger partial charge >= 0.3 is 0 Å². The molecule has 0 aliphatic heterocycles. The van der Waals surface area contributed by atoms with Crippen molar-refractivity contribution in [2.45, 2.75) is 155 Å². The monoisotopic (exact) mass is 726 g/mol. The first-order valence-electron chi connectivity index (χ1n) is 14.4. The molecule has 0 nitrogen and oxygen atoms in total. The summed E-state index contributed by atoms with van der Waals surface area (Å²) < 4.78 is 5.00. The van der Waals surface area contributed by atoms with Gasteiger partial charge in [0.25, 0.3) is 0 Å². The lowest BCUT2D eigenvalue weighted by Gasteiger charge is -2.17. The maximum atomic E-state index is 3.91. The largest absolute Gasteiger partial charge is 0.0654 e. The van der Waals surface area contributed by atoms with Crippen LogP contribution >= 0.6 is 63.7 Å². The van der Waals surface area contributed by atoms with Gasteiger partial charge in [0.1, 0.15) is 0 Å². The van der Waals surface area contributed by atoms with Crippen LogP contribution in [0.5, 0.6) is 0 Å². The number of hydrogen-bond acceptors (Lipinski definition) is 0. The van der Waals surface area contributed by atoms with Crippen molar-refractivity contribution in [3.05, 3.63) is 29.0 Å². The smallest absolute Gasteiger partial charge is 0.0364 e. The van der Waals surface area contributed by atoms with Gasteiger partial charge in [-0.3, -0.25) is 0 Å². The van der Waals surface area contributed by atoms with E-state index in [1.54, 1.807) is 0 Å². The molecule has 0 radical (unpaired) electrons. The van der Waals surface area contributed by atoms with Crippen LogP contribution in [0.3, 0.4) is 0 Å².